The third-order valence-corrected chi connectivity index (χ3v) is 5.39. The van der Waals surface area contributed by atoms with Gasteiger partial charge in [0.15, 0.2) is 10.6 Å². The molecule has 1 N–H and O–H groups in total. The molecule has 0 atom stereocenters. The Balaban J connectivity index is 1.55. The topological polar surface area (TPSA) is 72.2 Å². The molecule has 28 heavy (non-hydrogen) atoms. The van der Waals surface area contributed by atoms with Crippen molar-refractivity contribution in [3.05, 3.63) is 75.7 Å². The van der Waals surface area contributed by atoms with E-state index in [2.05, 4.69) is 23.3 Å². The van der Waals surface area contributed by atoms with Crippen molar-refractivity contribution in [3.8, 4) is 0 Å². The van der Waals surface area contributed by atoms with Crippen LogP contribution in [0.2, 0.25) is 0 Å². The van der Waals surface area contributed by atoms with Gasteiger partial charge in [0.05, 0.1) is 21.2 Å². The molecule has 0 bridgehead atoms. The summed E-state index contributed by atoms with van der Waals surface area (Å²) in [5, 5.41) is 3.78. The zero-order chi connectivity index (χ0) is 19.7. The first-order valence-corrected chi connectivity index (χ1v) is 9.76. The van der Waals surface area contributed by atoms with E-state index < -0.39 is 0 Å². The Morgan fingerprint density at radius 1 is 1.25 bits per heavy atom. The number of carbonyl (C=O) groups is 1. The molecule has 0 saturated heterocycles. The van der Waals surface area contributed by atoms with E-state index in [-0.39, 0.29) is 11.3 Å². The smallest absolute Gasteiger partial charge is 0.250 e. The molecule has 2 aromatic heterocycles. The van der Waals surface area contributed by atoms with Crippen molar-refractivity contribution >= 4 is 49.6 Å². The molecule has 0 aliphatic heterocycles. The SMILES string of the molecule is CCc1ccc2nc(NC(=O)/C=C/c3coc4ccc(C)cc4c3=O)sc2c1. The van der Waals surface area contributed by atoms with Crippen molar-refractivity contribution < 1.29 is 9.21 Å². The molecule has 0 aliphatic carbocycles. The zero-order valence-corrected chi connectivity index (χ0v) is 16.3. The number of rotatable bonds is 4. The highest BCUT2D eigenvalue weighted by atomic mass is 32.1. The summed E-state index contributed by atoms with van der Waals surface area (Å²) in [6.07, 6.45) is 5.10. The third-order valence-electron chi connectivity index (χ3n) is 4.46. The van der Waals surface area contributed by atoms with Gasteiger partial charge < -0.3 is 4.42 Å². The first kappa shape index (κ1) is 18.1. The zero-order valence-electron chi connectivity index (χ0n) is 15.5. The maximum absolute atomic E-state index is 12.6. The highest BCUT2D eigenvalue weighted by Gasteiger charge is 2.08. The Morgan fingerprint density at radius 2 is 2.11 bits per heavy atom. The molecule has 0 radical (unpaired) electrons. The van der Waals surface area contributed by atoms with Crippen LogP contribution in [0.3, 0.4) is 0 Å². The molecule has 0 saturated carbocycles. The number of hydrogen-bond acceptors (Lipinski definition) is 5. The number of thiazole rings is 1. The van der Waals surface area contributed by atoms with Crippen molar-refractivity contribution in [2.45, 2.75) is 20.3 Å². The summed E-state index contributed by atoms with van der Waals surface area (Å²) in [7, 11) is 0. The number of nitrogens with one attached hydrogen (secondary N) is 1. The number of nitrogens with zero attached hydrogens (tertiary/aromatic N) is 1. The van der Waals surface area contributed by atoms with Crippen LogP contribution in [0.25, 0.3) is 27.3 Å². The molecular weight excluding hydrogens is 372 g/mol. The summed E-state index contributed by atoms with van der Waals surface area (Å²) < 4.78 is 6.53. The second-order valence-electron chi connectivity index (χ2n) is 6.52. The number of aromatic nitrogens is 1. The molecule has 6 heteroatoms. The van der Waals surface area contributed by atoms with Gasteiger partial charge in [-0.1, -0.05) is 36.0 Å². The fourth-order valence-corrected chi connectivity index (χ4v) is 3.86. The molecule has 5 nitrogen and oxygen atoms in total. The van der Waals surface area contributed by atoms with E-state index in [0.29, 0.717) is 21.7 Å². The van der Waals surface area contributed by atoms with Crippen LogP contribution in [-0.4, -0.2) is 10.9 Å². The second-order valence-corrected chi connectivity index (χ2v) is 7.55. The fraction of sp³-hybridized carbons (Fsp3) is 0.136. The maximum Gasteiger partial charge on any atom is 0.250 e. The van der Waals surface area contributed by atoms with Crippen LogP contribution in [0, 0.1) is 6.92 Å². The van der Waals surface area contributed by atoms with E-state index in [1.807, 2.05) is 25.1 Å². The number of carbonyl (C=O) groups excluding carboxylic acids is 1. The van der Waals surface area contributed by atoms with Gasteiger partial charge in [-0.2, -0.15) is 0 Å². The first-order chi connectivity index (χ1) is 13.5. The normalized spacial score (nSPS) is 11.5. The minimum Gasteiger partial charge on any atom is -0.463 e. The number of benzene rings is 2. The van der Waals surface area contributed by atoms with Gasteiger partial charge in [0.2, 0.25) is 5.91 Å². The van der Waals surface area contributed by atoms with E-state index in [4.69, 9.17) is 4.42 Å². The van der Waals surface area contributed by atoms with Gasteiger partial charge in [-0.3, -0.25) is 14.9 Å². The van der Waals surface area contributed by atoms with Gasteiger partial charge in [-0.25, -0.2) is 4.98 Å². The van der Waals surface area contributed by atoms with Gasteiger partial charge in [-0.05, 0) is 49.2 Å². The molecule has 0 fully saturated rings. The standard InChI is InChI=1S/C22H18N2O3S/c1-3-14-5-7-17-19(11-14)28-22(23-17)24-20(25)9-6-15-12-27-18-8-4-13(2)10-16(18)21(15)26/h4-12H,3H2,1-2H3,(H,23,24,25)/b9-6+. The Bertz CT molecular complexity index is 1280. The van der Waals surface area contributed by atoms with E-state index in [9.17, 15) is 9.59 Å². The Labute approximate surface area is 165 Å². The van der Waals surface area contributed by atoms with Crippen LogP contribution in [0.15, 0.2) is 57.9 Å². The number of fused-ring (bicyclic) bond motifs is 2. The highest BCUT2D eigenvalue weighted by molar-refractivity contribution is 7.22. The highest BCUT2D eigenvalue weighted by Crippen LogP contribution is 2.27. The monoisotopic (exact) mass is 390 g/mol. The summed E-state index contributed by atoms with van der Waals surface area (Å²) in [4.78, 5) is 29.3. The summed E-state index contributed by atoms with van der Waals surface area (Å²) in [5.74, 6) is -0.349. The van der Waals surface area contributed by atoms with Crippen LogP contribution in [0.5, 0.6) is 0 Å². The molecule has 2 heterocycles. The lowest BCUT2D eigenvalue weighted by atomic mass is 10.1. The van der Waals surface area contributed by atoms with Crippen molar-refractivity contribution in [2.24, 2.45) is 0 Å². The van der Waals surface area contributed by atoms with Gasteiger partial charge in [-0.15, -0.1) is 0 Å². The van der Waals surface area contributed by atoms with Gasteiger partial charge in [0.25, 0.3) is 0 Å². The van der Waals surface area contributed by atoms with E-state index in [0.717, 1.165) is 22.2 Å². The minimum atomic E-state index is -0.349. The molecule has 0 spiro atoms. The van der Waals surface area contributed by atoms with Crippen LogP contribution < -0.4 is 10.7 Å². The van der Waals surface area contributed by atoms with Crippen molar-refractivity contribution in [1.29, 1.82) is 0 Å². The maximum atomic E-state index is 12.6. The Morgan fingerprint density at radius 3 is 2.93 bits per heavy atom. The summed E-state index contributed by atoms with van der Waals surface area (Å²) in [6, 6.07) is 11.5. The molecule has 1 amide bonds. The van der Waals surface area contributed by atoms with Crippen molar-refractivity contribution in [2.75, 3.05) is 5.32 Å². The fourth-order valence-electron chi connectivity index (χ4n) is 2.93. The molecule has 0 aliphatic rings. The van der Waals surface area contributed by atoms with Crippen molar-refractivity contribution in [1.82, 2.24) is 4.98 Å². The molecule has 0 unspecified atom stereocenters. The van der Waals surface area contributed by atoms with E-state index in [1.165, 1.54) is 35.3 Å². The molecule has 2 aromatic carbocycles. The third kappa shape index (κ3) is 3.59. The average molecular weight is 390 g/mol. The number of anilines is 1. The molecule has 4 rings (SSSR count). The van der Waals surface area contributed by atoms with Gasteiger partial charge in [0, 0.05) is 6.08 Å². The quantitative estimate of drug-likeness (QED) is 0.502. The first-order valence-electron chi connectivity index (χ1n) is 8.94. The van der Waals surface area contributed by atoms with Gasteiger partial charge in [0.1, 0.15) is 11.8 Å². The lowest BCUT2D eigenvalue weighted by molar-refractivity contribution is -0.111. The molecule has 140 valence electrons. The Kier molecular flexibility index (Phi) is 4.79. The van der Waals surface area contributed by atoms with Crippen LogP contribution >= 0.6 is 11.3 Å². The second kappa shape index (κ2) is 7.40. The number of amides is 1. The largest absolute Gasteiger partial charge is 0.463 e. The predicted octanol–water partition coefficient (Wildman–Crippen LogP) is 4.93. The van der Waals surface area contributed by atoms with Gasteiger partial charge >= 0.3 is 0 Å². The summed E-state index contributed by atoms with van der Waals surface area (Å²) in [5.41, 5.74) is 3.74. The Hall–Kier alpha value is -3.25. The average Bonchev–Trinajstić information content (AvgIpc) is 3.09. The minimum absolute atomic E-state index is 0.166. The number of hydrogen-bond donors (Lipinski definition) is 1. The van der Waals surface area contributed by atoms with Crippen LogP contribution in [0.1, 0.15) is 23.6 Å². The lowest BCUT2D eigenvalue weighted by Gasteiger charge is -2.00. The molecule has 4 aromatic rings. The predicted molar refractivity (Wildman–Crippen MR) is 114 cm³/mol. The lowest BCUT2D eigenvalue weighted by Crippen LogP contribution is -2.09. The number of aryl methyl sites for hydroxylation is 2. The van der Waals surface area contributed by atoms with E-state index in [1.54, 1.807) is 12.1 Å². The molecular formula is C22H18N2O3S. The summed E-state index contributed by atoms with van der Waals surface area (Å²) >= 11 is 1.43. The van der Waals surface area contributed by atoms with E-state index >= 15 is 0 Å². The van der Waals surface area contributed by atoms with Crippen LogP contribution in [0.4, 0.5) is 5.13 Å². The van der Waals surface area contributed by atoms with Crippen LogP contribution in [-0.2, 0) is 11.2 Å². The van der Waals surface area contributed by atoms with Crippen molar-refractivity contribution in [3.63, 3.8) is 0 Å². The summed E-state index contributed by atoms with van der Waals surface area (Å²) in [6.45, 7) is 4.01.